The second-order valence-corrected chi connectivity index (χ2v) is 5.27. The molecular formula is C13H23N3O. The van der Waals surface area contributed by atoms with Gasteiger partial charge in [0, 0.05) is 30.9 Å². The van der Waals surface area contributed by atoms with Crippen LogP contribution in [-0.4, -0.2) is 27.0 Å². The number of hydrogen-bond donors (Lipinski definition) is 2. The summed E-state index contributed by atoms with van der Waals surface area (Å²) in [5.74, 6) is 0. The number of nitrogens with zero attached hydrogens (tertiary/aromatic N) is 2. The first-order chi connectivity index (χ1) is 8.15. The smallest absolute Gasteiger partial charge is 0.0638 e. The summed E-state index contributed by atoms with van der Waals surface area (Å²) in [5.41, 5.74) is 2.25. The molecule has 0 amide bonds. The molecule has 2 rings (SSSR count). The van der Waals surface area contributed by atoms with Gasteiger partial charge in [0.25, 0.3) is 0 Å². The number of aliphatic hydroxyl groups is 1. The van der Waals surface area contributed by atoms with Crippen molar-refractivity contribution in [2.75, 3.05) is 6.61 Å². The zero-order valence-electron chi connectivity index (χ0n) is 10.9. The summed E-state index contributed by atoms with van der Waals surface area (Å²) >= 11 is 0. The summed E-state index contributed by atoms with van der Waals surface area (Å²) in [5, 5.41) is 17.5. The van der Waals surface area contributed by atoms with Gasteiger partial charge in [-0.3, -0.25) is 4.68 Å². The molecule has 17 heavy (non-hydrogen) atoms. The van der Waals surface area contributed by atoms with Crippen molar-refractivity contribution >= 4 is 0 Å². The summed E-state index contributed by atoms with van der Waals surface area (Å²) in [4.78, 5) is 0. The van der Waals surface area contributed by atoms with Crippen LogP contribution in [0.4, 0.5) is 0 Å². The van der Waals surface area contributed by atoms with Crippen molar-refractivity contribution in [1.29, 1.82) is 0 Å². The van der Waals surface area contributed by atoms with Gasteiger partial charge < -0.3 is 10.4 Å². The van der Waals surface area contributed by atoms with Crippen LogP contribution in [0.3, 0.4) is 0 Å². The molecule has 1 heterocycles. The molecule has 0 unspecified atom stereocenters. The van der Waals surface area contributed by atoms with E-state index >= 15 is 0 Å². The molecule has 1 fully saturated rings. The lowest BCUT2D eigenvalue weighted by molar-refractivity contribution is 0.119. The van der Waals surface area contributed by atoms with Crippen LogP contribution in [-0.2, 0) is 13.6 Å². The average molecular weight is 237 g/mol. The van der Waals surface area contributed by atoms with Crippen molar-refractivity contribution < 1.29 is 5.11 Å². The molecule has 1 aliphatic carbocycles. The number of nitrogens with one attached hydrogen (secondary N) is 1. The SMILES string of the molecule is Cc1nn(C)cc1CNC1(CO)CCCCC1. The van der Waals surface area contributed by atoms with Gasteiger partial charge in [0.1, 0.15) is 0 Å². The van der Waals surface area contributed by atoms with E-state index in [0.717, 1.165) is 25.1 Å². The Hall–Kier alpha value is -0.870. The highest BCUT2D eigenvalue weighted by Gasteiger charge is 2.30. The van der Waals surface area contributed by atoms with Gasteiger partial charge in [0.05, 0.1) is 12.3 Å². The van der Waals surface area contributed by atoms with Crippen LogP contribution in [0.1, 0.15) is 43.4 Å². The molecule has 0 aliphatic heterocycles. The summed E-state index contributed by atoms with van der Waals surface area (Å²) in [6.45, 7) is 3.08. The molecular weight excluding hydrogens is 214 g/mol. The molecule has 0 saturated heterocycles. The zero-order chi connectivity index (χ0) is 12.3. The molecule has 1 aromatic rings. The molecule has 1 aromatic heterocycles. The molecule has 0 aromatic carbocycles. The molecule has 1 saturated carbocycles. The maximum absolute atomic E-state index is 9.61. The molecule has 0 bridgehead atoms. The number of hydrogen-bond acceptors (Lipinski definition) is 3. The van der Waals surface area contributed by atoms with Crippen LogP contribution in [0.5, 0.6) is 0 Å². The first kappa shape index (κ1) is 12.6. The maximum atomic E-state index is 9.61. The van der Waals surface area contributed by atoms with Gasteiger partial charge in [-0.2, -0.15) is 5.10 Å². The molecule has 0 atom stereocenters. The molecule has 96 valence electrons. The van der Waals surface area contributed by atoms with Gasteiger partial charge in [-0.1, -0.05) is 19.3 Å². The highest BCUT2D eigenvalue weighted by molar-refractivity contribution is 5.15. The van der Waals surface area contributed by atoms with Crippen molar-refractivity contribution in [1.82, 2.24) is 15.1 Å². The fraction of sp³-hybridized carbons (Fsp3) is 0.769. The fourth-order valence-corrected chi connectivity index (χ4v) is 2.72. The van der Waals surface area contributed by atoms with Gasteiger partial charge in [0.15, 0.2) is 0 Å². The van der Waals surface area contributed by atoms with E-state index in [4.69, 9.17) is 0 Å². The molecule has 4 heteroatoms. The van der Waals surface area contributed by atoms with E-state index in [9.17, 15) is 5.11 Å². The van der Waals surface area contributed by atoms with Crippen LogP contribution in [0.25, 0.3) is 0 Å². The van der Waals surface area contributed by atoms with Crippen LogP contribution in [0.15, 0.2) is 6.20 Å². The Labute approximate surface area is 103 Å². The van der Waals surface area contributed by atoms with Crippen molar-refractivity contribution in [3.05, 3.63) is 17.5 Å². The van der Waals surface area contributed by atoms with E-state index < -0.39 is 0 Å². The van der Waals surface area contributed by atoms with Gasteiger partial charge in [-0.05, 0) is 19.8 Å². The minimum Gasteiger partial charge on any atom is -0.394 e. The van der Waals surface area contributed by atoms with Crippen molar-refractivity contribution in [3.8, 4) is 0 Å². The standard InChI is InChI=1S/C13H23N3O/c1-11-12(9-16(2)15-11)8-14-13(10-17)6-4-3-5-7-13/h9,14,17H,3-8,10H2,1-2H3. The van der Waals surface area contributed by atoms with Crippen LogP contribution in [0.2, 0.25) is 0 Å². The topological polar surface area (TPSA) is 50.1 Å². The minimum absolute atomic E-state index is 0.0550. The zero-order valence-corrected chi connectivity index (χ0v) is 10.9. The monoisotopic (exact) mass is 237 g/mol. The van der Waals surface area contributed by atoms with Crippen LogP contribution in [0, 0.1) is 6.92 Å². The van der Waals surface area contributed by atoms with Crippen LogP contribution < -0.4 is 5.32 Å². The Morgan fingerprint density at radius 1 is 1.41 bits per heavy atom. The van der Waals surface area contributed by atoms with Gasteiger partial charge >= 0.3 is 0 Å². The second kappa shape index (κ2) is 5.19. The Balaban J connectivity index is 1.98. The quantitative estimate of drug-likeness (QED) is 0.834. The molecule has 0 radical (unpaired) electrons. The first-order valence-corrected chi connectivity index (χ1v) is 6.50. The summed E-state index contributed by atoms with van der Waals surface area (Å²) in [6, 6.07) is 0. The number of aromatic nitrogens is 2. The van der Waals surface area contributed by atoms with Crippen molar-refractivity contribution in [3.63, 3.8) is 0 Å². The normalized spacial score (nSPS) is 19.5. The van der Waals surface area contributed by atoms with Gasteiger partial charge in [-0.25, -0.2) is 0 Å². The van der Waals surface area contributed by atoms with E-state index in [2.05, 4.69) is 16.6 Å². The van der Waals surface area contributed by atoms with E-state index in [1.54, 1.807) is 0 Å². The number of aryl methyl sites for hydroxylation is 2. The number of rotatable bonds is 4. The Kier molecular flexibility index (Phi) is 3.84. The molecule has 4 nitrogen and oxygen atoms in total. The summed E-state index contributed by atoms with van der Waals surface area (Å²) in [6.07, 6.45) is 7.97. The predicted octanol–water partition coefficient (Wildman–Crippen LogP) is 1.51. The maximum Gasteiger partial charge on any atom is 0.0638 e. The van der Waals surface area contributed by atoms with Crippen LogP contribution >= 0.6 is 0 Å². The Morgan fingerprint density at radius 2 is 2.12 bits per heavy atom. The third-order valence-electron chi connectivity index (χ3n) is 3.88. The van der Waals surface area contributed by atoms with Crippen molar-refractivity contribution in [2.24, 2.45) is 7.05 Å². The summed E-state index contributed by atoms with van der Waals surface area (Å²) in [7, 11) is 1.94. The highest BCUT2D eigenvalue weighted by Crippen LogP contribution is 2.28. The first-order valence-electron chi connectivity index (χ1n) is 6.50. The average Bonchev–Trinajstić information content (AvgIpc) is 2.67. The third kappa shape index (κ3) is 2.87. The highest BCUT2D eigenvalue weighted by atomic mass is 16.3. The lowest BCUT2D eigenvalue weighted by Crippen LogP contribution is -2.49. The third-order valence-corrected chi connectivity index (χ3v) is 3.88. The molecule has 1 aliphatic rings. The second-order valence-electron chi connectivity index (χ2n) is 5.27. The summed E-state index contributed by atoms with van der Waals surface area (Å²) < 4.78 is 1.85. The fourth-order valence-electron chi connectivity index (χ4n) is 2.72. The van der Waals surface area contributed by atoms with E-state index in [1.165, 1.54) is 24.8 Å². The van der Waals surface area contributed by atoms with Gasteiger partial charge in [0.2, 0.25) is 0 Å². The lowest BCUT2D eigenvalue weighted by Gasteiger charge is -2.36. The largest absolute Gasteiger partial charge is 0.394 e. The number of aliphatic hydroxyl groups excluding tert-OH is 1. The minimum atomic E-state index is -0.0550. The lowest BCUT2D eigenvalue weighted by atomic mass is 9.82. The Morgan fingerprint density at radius 3 is 2.65 bits per heavy atom. The van der Waals surface area contributed by atoms with E-state index in [0.29, 0.717) is 0 Å². The van der Waals surface area contributed by atoms with Gasteiger partial charge in [-0.15, -0.1) is 0 Å². The Bertz CT molecular complexity index is 367. The molecule has 2 N–H and O–H groups in total. The molecule has 0 spiro atoms. The van der Waals surface area contributed by atoms with Crippen molar-refractivity contribution in [2.45, 2.75) is 51.1 Å². The van der Waals surface area contributed by atoms with E-state index in [-0.39, 0.29) is 12.1 Å². The predicted molar refractivity (Wildman–Crippen MR) is 67.7 cm³/mol. The van der Waals surface area contributed by atoms with E-state index in [1.807, 2.05) is 18.7 Å².